The Balaban J connectivity index is 2.95. The number of carboxylic acids is 1. The van der Waals surface area contributed by atoms with Crippen molar-refractivity contribution in [3.63, 3.8) is 0 Å². The van der Waals surface area contributed by atoms with E-state index in [1.807, 2.05) is 0 Å². The topological polar surface area (TPSA) is 200 Å². The average Bonchev–Trinajstić information content (AvgIpc) is 3.15. The number of aromatic nitrogens is 2. The van der Waals surface area contributed by atoms with Gasteiger partial charge >= 0.3 is 5.97 Å². The minimum atomic E-state index is -1.50. The normalized spacial score (nSPS) is 15.1. The van der Waals surface area contributed by atoms with Crippen molar-refractivity contribution in [1.82, 2.24) is 25.9 Å². The van der Waals surface area contributed by atoms with Crippen molar-refractivity contribution in [1.29, 1.82) is 0 Å². The maximum Gasteiger partial charge on any atom is 0.328 e. The molecule has 0 aliphatic carbocycles. The molecule has 4 atom stereocenters. The van der Waals surface area contributed by atoms with Crippen LogP contribution in [0.2, 0.25) is 0 Å². The summed E-state index contributed by atoms with van der Waals surface area (Å²) in [6.45, 7) is 3.98. The van der Waals surface area contributed by atoms with E-state index in [4.69, 9.17) is 15.9 Å². The molecule has 12 nitrogen and oxygen atoms in total. The molecule has 0 aromatic carbocycles. The number of hydrogen-bond donors (Lipinski definition) is 7. The van der Waals surface area contributed by atoms with Crippen molar-refractivity contribution in [2.45, 2.75) is 51.4 Å². The number of aliphatic hydroxyl groups is 1. The molecule has 1 aromatic rings. The van der Waals surface area contributed by atoms with E-state index in [1.165, 1.54) is 19.4 Å². The van der Waals surface area contributed by atoms with Gasteiger partial charge in [0.1, 0.15) is 18.1 Å². The van der Waals surface area contributed by atoms with Gasteiger partial charge in [0.15, 0.2) is 0 Å². The Kier molecular flexibility index (Phi) is 9.22. The van der Waals surface area contributed by atoms with Crippen LogP contribution in [0.25, 0.3) is 0 Å². The van der Waals surface area contributed by atoms with Crippen molar-refractivity contribution in [2.24, 2.45) is 11.7 Å². The Hall–Kier alpha value is -2.99. The van der Waals surface area contributed by atoms with Crippen LogP contribution in [0.1, 0.15) is 26.5 Å². The Labute approximate surface area is 167 Å². The lowest BCUT2D eigenvalue weighted by atomic mass is 10.0. The smallest absolute Gasteiger partial charge is 0.328 e. The number of amides is 3. The maximum absolute atomic E-state index is 12.8. The summed E-state index contributed by atoms with van der Waals surface area (Å²) < 4.78 is 0. The van der Waals surface area contributed by atoms with Crippen LogP contribution in [0.4, 0.5) is 0 Å². The molecule has 0 aliphatic rings. The molecule has 8 N–H and O–H groups in total. The second-order valence-corrected chi connectivity index (χ2v) is 6.94. The van der Waals surface area contributed by atoms with Crippen LogP contribution < -0.4 is 21.7 Å². The molecule has 0 bridgehead atoms. The highest BCUT2D eigenvalue weighted by atomic mass is 16.4. The molecule has 1 rings (SSSR count). The number of nitrogens with two attached hydrogens (primary N) is 1. The van der Waals surface area contributed by atoms with E-state index >= 15 is 0 Å². The van der Waals surface area contributed by atoms with E-state index in [1.54, 1.807) is 13.8 Å². The summed E-state index contributed by atoms with van der Waals surface area (Å²) in [7, 11) is 0. The van der Waals surface area contributed by atoms with Gasteiger partial charge in [-0.05, 0) is 12.8 Å². The van der Waals surface area contributed by atoms with Crippen molar-refractivity contribution >= 4 is 23.7 Å². The summed E-state index contributed by atoms with van der Waals surface area (Å²) in [4.78, 5) is 54.9. The van der Waals surface area contributed by atoms with E-state index in [9.17, 15) is 19.2 Å². The Morgan fingerprint density at radius 3 is 2.14 bits per heavy atom. The minimum Gasteiger partial charge on any atom is -0.480 e. The van der Waals surface area contributed by atoms with Gasteiger partial charge in [0.05, 0.1) is 19.0 Å². The molecule has 1 aromatic heterocycles. The van der Waals surface area contributed by atoms with Crippen LogP contribution in [0.3, 0.4) is 0 Å². The molecular weight excluding hydrogens is 384 g/mol. The van der Waals surface area contributed by atoms with Crippen molar-refractivity contribution in [2.75, 3.05) is 6.61 Å². The monoisotopic (exact) mass is 412 g/mol. The first-order valence-electron chi connectivity index (χ1n) is 9.04. The highest BCUT2D eigenvalue weighted by molar-refractivity contribution is 5.94. The largest absolute Gasteiger partial charge is 0.480 e. The Morgan fingerprint density at radius 2 is 1.69 bits per heavy atom. The van der Waals surface area contributed by atoms with E-state index in [0.717, 1.165) is 0 Å². The molecule has 0 radical (unpaired) electrons. The van der Waals surface area contributed by atoms with Crippen molar-refractivity contribution in [3.8, 4) is 0 Å². The average molecular weight is 412 g/mol. The SMILES string of the molecule is CC(N)C(=O)NC(Cc1cnc[nH]1)C(=O)NC(C(=O)NC(CO)C(=O)O)C(C)C. The molecular formula is C17H28N6O6. The zero-order chi connectivity index (χ0) is 22.1. The number of hydrogen-bond acceptors (Lipinski definition) is 7. The van der Waals surface area contributed by atoms with Crippen molar-refractivity contribution in [3.05, 3.63) is 18.2 Å². The molecule has 12 heteroatoms. The number of carbonyl (C=O) groups is 4. The Bertz CT molecular complexity index is 705. The maximum atomic E-state index is 12.8. The predicted octanol–water partition coefficient (Wildman–Crippen LogP) is -2.51. The van der Waals surface area contributed by atoms with Crippen LogP contribution in [0, 0.1) is 5.92 Å². The van der Waals surface area contributed by atoms with Crippen LogP contribution in [0.15, 0.2) is 12.5 Å². The highest BCUT2D eigenvalue weighted by Gasteiger charge is 2.31. The third-order valence-electron chi connectivity index (χ3n) is 4.07. The van der Waals surface area contributed by atoms with Gasteiger partial charge in [-0.25, -0.2) is 9.78 Å². The number of aromatic amines is 1. The molecule has 3 amide bonds. The van der Waals surface area contributed by atoms with Crippen LogP contribution in [0.5, 0.6) is 0 Å². The number of carboxylic acid groups (broad SMARTS) is 1. The summed E-state index contributed by atoms with van der Waals surface area (Å²) >= 11 is 0. The number of aliphatic hydroxyl groups excluding tert-OH is 1. The van der Waals surface area contributed by atoms with Crippen LogP contribution in [-0.4, -0.2) is 74.6 Å². The molecule has 1 heterocycles. The first-order valence-corrected chi connectivity index (χ1v) is 9.04. The molecule has 0 aliphatic heterocycles. The van der Waals surface area contributed by atoms with E-state index in [-0.39, 0.29) is 6.42 Å². The number of H-pyrrole nitrogens is 1. The fourth-order valence-electron chi connectivity index (χ4n) is 2.36. The van der Waals surface area contributed by atoms with E-state index < -0.39 is 60.4 Å². The number of carbonyl (C=O) groups excluding carboxylic acids is 3. The molecule has 29 heavy (non-hydrogen) atoms. The lowest BCUT2D eigenvalue weighted by molar-refractivity contribution is -0.143. The number of nitrogens with one attached hydrogen (secondary N) is 4. The second-order valence-electron chi connectivity index (χ2n) is 6.94. The molecule has 0 fully saturated rings. The number of imidazole rings is 1. The number of nitrogens with zero attached hydrogens (tertiary/aromatic N) is 1. The summed E-state index contributed by atoms with van der Waals surface area (Å²) in [5.41, 5.74) is 6.12. The quantitative estimate of drug-likeness (QED) is 0.206. The van der Waals surface area contributed by atoms with E-state index in [0.29, 0.717) is 5.69 Å². The second kappa shape index (κ2) is 11.1. The standard InChI is InChI=1S/C17H28N6O6/c1-8(2)13(16(27)22-12(6-24)17(28)29)23-15(26)11(21-14(25)9(3)18)4-10-5-19-7-20-10/h5,7-9,11-13,24H,4,6,18H2,1-3H3,(H,19,20)(H,21,25)(H,22,27)(H,23,26)(H,28,29). The summed E-state index contributed by atoms with van der Waals surface area (Å²) in [5.74, 6) is -3.78. The number of rotatable bonds is 11. The van der Waals surface area contributed by atoms with E-state index in [2.05, 4.69) is 25.9 Å². The summed E-state index contributed by atoms with van der Waals surface area (Å²) in [6.07, 6.45) is 2.98. The predicted molar refractivity (Wildman–Crippen MR) is 101 cm³/mol. The summed E-state index contributed by atoms with van der Waals surface area (Å²) in [5, 5.41) is 25.3. The molecule has 0 saturated heterocycles. The van der Waals surface area contributed by atoms with Gasteiger partial charge in [0.2, 0.25) is 17.7 Å². The molecule has 4 unspecified atom stereocenters. The molecule has 0 spiro atoms. The minimum absolute atomic E-state index is 0.0745. The van der Waals surface area contributed by atoms with Gasteiger partial charge in [-0.15, -0.1) is 0 Å². The van der Waals surface area contributed by atoms with Crippen LogP contribution in [-0.2, 0) is 25.6 Å². The number of aliphatic carboxylic acids is 1. The van der Waals surface area contributed by atoms with Gasteiger partial charge in [0, 0.05) is 18.3 Å². The third kappa shape index (κ3) is 7.50. The fourth-order valence-corrected chi connectivity index (χ4v) is 2.36. The highest BCUT2D eigenvalue weighted by Crippen LogP contribution is 2.06. The Morgan fingerprint density at radius 1 is 1.07 bits per heavy atom. The third-order valence-corrected chi connectivity index (χ3v) is 4.07. The summed E-state index contributed by atoms with van der Waals surface area (Å²) in [6, 6.07) is -4.49. The molecule has 0 saturated carbocycles. The first kappa shape index (κ1) is 24.0. The lowest BCUT2D eigenvalue weighted by Crippen LogP contribution is -2.59. The lowest BCUT2D eigenvalue weighted by Gasteiger charge is -2.26. The zero-order valence-corrected chi connectivity index (χ0v) is 16.5. The van der Waals surface area contributed by atoms with Gasteiger partial charge in [-0.1, -0.05) is 13.8 Å². The van der Waals surface area contributed by atoms with Crippen LogP contribution >= 0.6 is 0 Å². The van der Waals surface area contributed by atoms with Gasteiger partial charge in [-0.3, -0.25) is 14.4 Å². The van der Waals surface area contributed by atoms with Gasteiger partial charge in [0.25, 0.3) is 0 Å². The molecule has 162 valence electrons. The zero-order valence-electron chi connectivity index (χ0n) is 16.5. The van der Waals surface area contributed by atoms with Crippen molar-refractivity contribution < 1.29 is 29.4 Å². The fraction of sp³-hybridized carbons (Fsp3) is 0.588. The first-order chi connectivity index (χ1) is 13.6. The van der Waals surface area contributed by atoms with Gasteiger partial charge in [-0.2, -0.15) is 0 Å². The van der Waals surface area contributed by atoms with Gasteiger partial charge < -0.3 is 36.9 Å².